The number of carbonyl (C=O) groups is 2. The van der Waals surface area contributed by atoms with Crippen molar-refractivity contribution in [2.45, 2.75) is 12.8 Å². The average Bonchev–Trinajstić information content (AvgIpc) is 3.51. The molecule has 35 heavy (non-hydrogen) atoms. The molecule has 4 rings (SSSR count). The first-order chi connectivity index (χ1) is 16.7. The van der Waals surface area contributed by atoms with E-state index in [0.717, 1.165) is 15.3 Å². The summed E-state index contributed by atoms with van der Waals surface area (Å²) in [6, 6.07) is 15.5. The van der Waals surface area contributed by atoms with E-state index in [-0.39, 0.29) is 23.5 Å². The summed E-state index contributed by atoms with van der Waals surface area (Å²) in [4.78, 5) is 28.7. The molecule has 2 heterocycles. The molecule has 0 radical (unpaired) electrons. The van der Waals surface area contributed by atoms with Gasteiger partial charge in [-0.1, -0.05) is 48.1 Å². The third kappa shape index (κ3) is 5.58. The zero-order valence-corrected chi connectivity index (χ0v) is 21.5. The smallest absolute Gasteiger partial charge is 0.254 e. The first kappa shape index (κ1) is 25.0. The van der Waals surface area contributed by atoms with Crippen molar-refractivity contribution in [2.24, 2.45) is 5.92 Å². The molecule has 10 heteroatoms. The lowest BCUT2D eigenvalue weighted by molar-refractivity contribution is -0.119. The minimum absolute atomic E-state index is 0.171. The van der Waals surface area contributed by atoms with Crippen LogP contribution >= 0.6 is 34.3 Å². The van der Waals surface area contributed by atoms with E-state index in [0.29, 0.717) is 21.3 Å². The van der Waals surface area contributed by atoms with Gasteiger partial charge in [-0.15, -0.1) is 21.5 Å². The van der Waals surface area contributed by atoms with Gasteiger partial charge in [0.1, 0.15) is 11.3 Å². The van der Waals surface area contributed by atoms with Crippen molar-refractivity contribution in [3.63, 3.8) is 0 Å². The van der Waals surface area contributed by atoms with Gasteiger partial charge >= 0.3 is 0 Å². The molecule has 2 aromatic carbocycles. The van der Waals surface area contributed by atoms with Gasteiger partial charge in [0.15, 0.2) is 0 Å². The van der Waals surface area contributed by atoms with Crippen LogP contribution in [0.1, 0.15) is 33.6 Å². The summed E-state index contributed by atoms with van der Waals surface area (Å²) in [5, 5.41) is 11.2. The average molecular weight is 529 g/mol. The summed E-state index contributed by atoms with van der Waals surface area (Å²) in [6.07, 6.45) is 0. The molecule has 2 unspecified atom stereocenters. The van der Waals surface area contributed by atoms with Gasteiger partial charge in [0.25, 0.3) is 5.91 Å². The maximum atomic E-state index is 14.1. The maximum absolute atomic E-state index is 14.1. The third-order valence-corrected chi connectivity index (χ3v) is 7.67. The number of nitrogens with one attached hydrogen (secondary N) is 1. The van der Waals surface area contributed by atoms with Crippen LogP contribution < -0.4 is 5.32 Å². The number of hydrogen-bond acceptors (Lipinski definition) is 6. The maximum Gasteiger partial charge on any atom is 0.254 e. The third-order valence-electron chi connectivity index (χ3n) is 5.54. The van der Waals surface area contributed by atoms with E-state index in [4.69, 9.17) is 11.6 Å². The monoisotopic (exact) mass is 528 g/mol. The first-order valence-corrected chi connectivity index (χ1v) is 12.8. The highest BCUT2D eigenvalue weighted by atomic mass is 35.5. The molecule has 0 aliphatic rings. The van der Waals surface area contributed by atoms with Crippen LogP contribution in [0.5, 0.6) is 0 Å². The number of nitrogens with zero attached hydrogens (tertiary/aromatic N) is 3. The molecule has 1 N–H and O–H groups in total. The quantitative estimate of drug-likeness (QED) is 0.311. The van der Waals surface area contributed by atoms with Gasteiger partial charge in [0.2, 0.25) is 11.0 Å². The molecular weight excluding hydrogens is 507 g/mol. The number of thiophene rings is 1. The van der Waals surface area contributed by atoms with Gasteiger partial charge in [-0.3, -0.25) is 9.59 Å². The van der Waals surface area contributed by atoms with Crippen molar-refractivity contribution in [1.82, 2.24) is 15.1 Å². The fourth-order valence-electron chi connectivity index (χ4n) is 3.76. The van der Waals surface area contributed by atoms with E-state index in [1.54, 1.807) is 37.8 Å². The largest absolute Gasteiger partial charge is 0.345 e. The fraction of sp³-hybridized carbons (Fsp3) is 0.200. The lowest BCUT2D eigenvalue weighted by atomic mass is 9.85. The number of rotatable bonds is 7. The summed E-state index contributed by atoms with van der Waals surface area (Å²) in [6.45, 7) is 1.81. The highest BCUT2D eigenvalue weighted by Gasteiger charge is 2.29. The number of anilines is 1. The summed E-state index contributed by atoms with van der Waals surface area (Å²) in [5.74, 6) is -1.68. The summed E-state index contributed by atoms with van der Waals surface area (Å²) in [5.41, 5.74) is 3.52. The summed E-state index contributed by atoms with van der Waals surface area (Å²) >= 11 is 9.14. The molecule has 0 fully saturated rings. The number of amides is 2. The molecular formula is C25H22ClFN4O2S2. The molecule has 4 aromatic rings. The Hall–Kier alpha value is -3.14. The number of benzene rings is 2. The topological polar surface area (TPSA) is 75.2 Å². The standard InChI is InChI=1S/C25H22ClFN4O2S2/c1-14(23(32)29-25-30-28-13-34-25)22(16-5-4-6-17(27)11-16)21-10-9-20(35-21)15-7-8-18(19(26)12-15)24(33)31(2)3/h4-14,22H,1-3H3,(H,29,30,32). The minimum atomic E-state index is -0.518. The van der Waals surface area contributed by atoms with Crippen molar-refractivity contribution in [2.75, 3.05) is 19.4 Å². The zero-order valence-electron chi connectivity index (χ0n) is 19.2. The number of hydrogen-bond donors (Lipinski definition) is 1. The van der Waals surface area contributed by atoms with Crippen LogP contribution in [0.15, 0.2) is 60.1 Å². The van der Waals surface area contributed by atoms with Crippen LogP contribution in [-0.2, 0) is 4.79 Å². The predicted octanol–water partition coefficient (Wildman–Crippen LogP) is 6.17. The Morgan fingerprint density at radius 2 is 1.91 bits per heavy atom. The van der Waals surface area contributed by atoms with Crippen LogP contribution in [0.25, 0.3) is 10.4 Å². The molecule has 2 aromatic heterocycles. The zero-order chi connectivity index (χ0) is 25.1. The van der Waals surface area contributed by atoms with Crippen molar-refractivity contribution in [1.29, 1.82) is 0 Å². The molecule has 0 bridgehead atoms. The highest BCUT2D eigenvalue weighted by Crippen LogP contribution is 2.40. The second-order valence-electron chi connectivity index (χ2n) is 8.15. The van der Waals surface area contributed by atoms with Crippen molar-refractivity contribution in [3.05, 3.63) is 87.0 Å². The van der Waals surface area contributed by atoms with Crippen LogP contribution in [0, 0.1) is 11.7 Å². The van der Waals surface area contributed by atoms with E-state index in [1.165, 1.54) is 39.7 Å². The second kappa shape index (κ2) is 10.6. The first-order valence-electron chi connectivity index (χ1n) is 10.7. The summed E-state index contributed by atoms with van der Waals surface area (Å²) in [7, 11) is 3.35. The molecule has 2 amide bonds. The van der Waals surface area contributed by atoms with Gasteiger partial charge < -0.3 is 10.2 Å². The predicted molar refractivity (Wildman–Crippen MR) is 139 cm³/mol. The van der Waals surface area contributed by atoms with Crippen LogP contribution in [0.2, 0.25) is 5.02 Å². The highest BCUT2D eigenvalue weighted by molar-refractivity contribution is 7.15. The lowest BCUT2D eigenvalue weighted by Gasteiger charge is -2.22. The van der Waals surface area contributed by atoms with E-state index >= 15 is 0 Å². The Balaban J connectivity index is 1.68. The SMILES string of the molecule is CC(C(=O)Nc1nncs1)C(c1cccc(F)c1)c1ccc(-c2ccc(C(=O)N(C)C)c(Cl)c2)s1. The number of halogens is 2. The van der Waals surface area contributed by atoms with E-state index in [9.17, 15) is 14.0 Å². The number of aromatic nitrogens is 2. The second-order valence-corrected chi connectivity index (χ2v) is 10.5. The summed E-state index contributed by atoms with van der Waals surface area (Å²) < 4.78 is 14.1. The fourth-order valence-corrected chi connectivity index (χ4v) is 5.70. The van der Waals surface area contributed by atoms with Gasteiger partial charge in [-0.2, -0.15) is 0 Å². The molecule has 180 valence electrons. The Labute approximate surface area is 215 Å². The van der Waals surface area contributed by atoms with Gasteiger partial charge in [0, 0.05) is 35.7 Å². The van der Waals surface area contributed by atoms with Gasteiger partial charge in [-0.25, -0.2) is 4.39 Å². The Morgan fingerprint density at radius 3 is 2.57 bits per heavy atom. The van der Waals surface area contributed by atoms with E-state index in [2.05, 4.69) is 15.5 Å². The molecule has 0 saturated heterocycles. The van der Waals surface area contributed by atoms with Crippen molar-refractivity contribution < 1.29 is 14.0 Å². The lowest BCUT2D eigenvalue weighted by Crippen LogP contribution is -2.26. The Kier molecular flexibility index (Phi) is 7.59. The molecule has 0 saturated carbocycles. The van der Waals surface area contributed by atoms with Crippen LogP contribution in [0.4, 0.5) is 9.52 Å². The molecule has 0 spiro atoms. The Morgan fingerprint density at radius 1 is 1.11 bits per heavy atom. The van der Waals surface area contributed by atoms with Gasteiger partial charge in [0.05, 0.1) is 10.6 Å². The normalized spacial score (nSPS) is 12.7. The number of carbonyl (C=O) groups excluding carboxylic acids is 2. The van der Waals surface area contributed by atoms with Crippen LogP contribution in [0.3, 0.4) is 0 Å². The van der Waals surface area contributed by atoms with Crippen molar-refractivity contribution >= 4 is 51.2 Å². The molecule has 0 aliphatic carbocycles. The van der Waals surface area contributed by atoms with Crippen molar-refractivity contribution in [3.8, 4) is 10.4 Å². The molecule has 2 atom stereocenters. The van der Waals surface area contributed by atoms with Gasteiger partial charge in [-0.05, 0) is 47.5 Å². The Bertz CT molecular complexity index is 1360. The molecule has 6 nitrogen and oxygen atoms in total. The van der Waals surface area contributed by atoms with E-state index in [1.807, 2.05) is 31.2 Å². The van der Waals surface area contributed by atoms with Crippen LogP contribution in [-0.4, -0.2) is 41.0 Å². The van der Waals surface area contributed by atoms with E-state index < -0.39 is 5.92 Å². The molecule has 0 aliphatic heterocycles. The minimum Gasteiger partial charge on any atom is -0.345 e.